The number of aryl methyl sites for hydroxylation is 1. The topological polar surface area (TPSA) is 20.2 Å². The van der Waals surface area contributed by atoms with Gasteiger partial charge in [0.2, 0.25) is 0 Å². The molecule has 0 aromatic heterocycles. The fourth-order valence-corrected chi connectivity index (χ4v) is 4.93. The molecule has 2 atom stereocenters. The zero-order valence-corrected chi connectivity index (χ0v) is 15.7. The maximum absolute atomic E-state index is 11.5. The number of aliphatic hydroxyl groups is 1. The molecule has 0 heterocycles. The highest BCUT2D eigenvalue weighted by Crippen LogP contribution is 2.54. The number of hydrogen-bond donors (Lipinski definition) is 1. The van der Waals surface area contributed by atoms with Crippen molar-refractivity contribution in [1.29, 1.82) is 0 Å². The highest BCUT2D eigenvalue weighted by atomic mass is 16.3. The molecule has 2 aliphatic carbocycles. The summed E-state index contributed by atoms with van der Waals surface area (Å²) in [5.74, 6) is 0. The van der Waals surface area contributed by atoms with Gasteiger partial charge in [0.15, 0.2) is 0 Å². The first kappa shape index (κ1) is 16.5. The standard InChI is InChI=1S/C26H24O/c1-18-10-12-19(13-11-18)16-26(17-22-8-4-5-9-24(22)25(26)27)23-14-20-6-2-3-7-21(20)15-23/h2-14,25,27H,15-17H2,1H3/t25-,26-/m0/s1. The lowest BCUT2D eigenvalue weighted by molar-refractivity contribution is 0.0651. The smallest absolute Gasteiger partial charge is 0.0892 e. The summed E-state index contributed by atoms with van der Waals surface area (Å²) >= 11 is 0. The normalized spacial score (nSPS) is 23.0. The third-order valence-corrected chi connectivity index (χ3v) is 6.42. The quantitative estimate of drug-likeness (QED) is 0.664. The van der Waals surface area contributed by atoms with E-state index in [2.05, 4.69) is 79.7 Å². The molecule has 0 saturated heterocycles. The van der Waals surface area contributed by atoms with Gasteiger partial charge in [-0.05, 0) is 54.0 Å². The fourth-order valence-electron chi connectivity index (χ4n) is 4.93. The van der Waals surface area contributed by atoms with Crippen LogP contribution in [0, 0.1) is 12.3 Å². The van der Waals surface area contributed by atoms with E-state index in [9.17, 15) is 5.11 Å². The molecule has 0 amide bonds. The van der Waals surface area contributed by atoms with Crippen molar-refractivity contribution in [3.63, 3.8) is 0 Å². The first-order chi connectivity index (χ1) is 13.2. The molecule has 0 spiro atoms. The van der Waals surface area contributed by atoms with E-state index in [1.807, 2.05) is 6.07 Å². The van der Waals surface area contributed by atoms with Crippen LogP contribution in [0.2, 0.25) is 0 Å². The van der Waals surface area contributed by atoms with E-state index in [4.69, 9.17) is 0 Å². The number of aliphatic hydroxyl groups excluding tert-OH is 1. The maximum atomic E-state index is 11.5. The van der Waals surface area contributed by atoms with Crippen molar-refractivity contribution in [2.45, 2.75) is 32.3 Å². The van der Waals surface area contributed by atoms with Gasteiger partial charge in [0.05, 0.1) is 6.10 Å². The summed E-state index contributed by atoms with van der Waals surface area (Å²) < 4.78 is 0. The van der Waals surface area contributed by atoms with Crippen molar-refractivity contribution < 1.29 is 5.11 Å². The minimum atomic E-state index is -0.462. The van der Waals surface area contributed by atoms with Crippen LogP contribution in [0.1, 0.15) is 39.5 Å². The van der Waals surface area contributed by atoms with E-state index in [-0.39, 0.29) is 5.41 Å². The van der Waals surface area contributed by atoms with Gasteiger partial charge in [-0.1, -0.05) is 90.0 Å². The predicted octanol–water partition coefficient (Wildman–Crippen LogP) is 5.45. The van der Waals surface area contributed by atoms with E-state index in [0.717, 1.165) is 24.8 Å². The van der Waals surface area contributed by atoms with Crippen molar-refractivity contribution in [1.82, 2.24) is 0 Å². The summed E-state index contributed by atoms with van der Waals surface area (Å²) in [6, 6.07) is 25.8. The molecule has 0 bridgehead atoms. The zero-order chi connectivity index (χ0) is 18.4. The Labute approximate surface area is 161 Å². The van der Waals surface area contributed by atoms with E-state index < -0.39 is 6.10 Å². The first-order valence-electron chi connectivity index (χ1n) is 9.76. The molecule has 3 aromatic rings. The van der Waals surface area contributed by atoms with Crippen molar-refractivity contribution >= 4 is 6.08 Å². The second-order valence-corrected chi connectivity index (χ2v) is 8.14. The molecule has 1 heteroatoms. The van der Waals surface area contributed by atoms with Crippen LogP contribution in [0.4, 0.5) is 0 Å². The molecular weight excluding hydrogens is 328 g/mol. The SMILES string of the molecule is Cc1ccc(C[C@@]2(C3=Cc4ccccc4C3)Cc3ccccc3[C@@H]2O)cc1. The lowest BCUT2D eigenvalue weighted by Crippen LogP contribution is -2.31. The van der Waals surface area contributed by atoms with Gasteiger partial charge >= 0.3 is 0 Å². The molecule has 0 unspecified atom stereocenters. The molecule has 3 aromatic carbocycles. The molecule has 5 rings (SSSR count). The Morgan fingerprint density at radius 3 is 2.33 bits per heavy atom. The summed E-state index contributed by atoms with van der Waals surface area (Å²) in [4.78, 5) is 0. The van der Waals surface area contributed by atoms with Crippen LogP contribution < -0.4 is 0 Å². The van der Waals surface area contributed by atoms with Crippen LogP contribution in [-0.2, 0) is 19.3 Å². The Hall–Kier alpha value is -2.64. The van der Waals surface area contributed by atoms with Gasteiger partial charge in [-0.3, -0.25) is 0 Å². The molecule has 27 heavy (non-hydrogen) atoms. The fraction of sp³-hybridized carbons (Fsp3) is 0.231. The summed E-state index contributed by atoms with van der Waals surface area (Å²) in [7, 11) is 0. The van der Waals surface area contributed by atoms with Gasteiger partial charge in [0.1, 0.15) is 0 Å². The van der Waals surface area contributed by atoms with Gasteiger partial charge in [0.25, 0.3) is 0 Å². The summed E-state index contributed by atoms with van der Waals surface area (Å²) in [6.45, 7) is 2.12. The van der Waals surface area contributed by atoms with E-state index in [1.165, 1.54) is 33.4 Å². The molecule has 1 nitrogen and oxygen atoms in total. The van der Waals surface area contributed by atoms with Crippen molar-refractivity contribution in [3.05, 3.63) is 112 Å². The van der Waals surface area contributed by atoms with Crippen LogP contribution in [0.15, 0.2) is 78.4 Å². The van der Waals surface area contributed by atoms with E-state index in [0.29, 0.717) is 0 Å². The second-order valence-electron chi connectivity index (χ2n) is 8.14. The van der Waals surface area contributed by atoms with Crippen molar-refractivity contribution in [2.24, 2.45) is 5.41 Å². The third kappa shape index (κ3) is 2.65. The minimum Gasteiger partial charge on any atom is -0.387 e. The molecule has 0 aliphatic heterocycles. The predicted molar refractivity (Wildman–Crippen MR) is 111 cm³/mol. The molecule has 134 valence electrons. The Kier molecular flexibility index (Phi) is 3.80. The van der Waals surface area contributed by atoms with Gasteiger partial charge < -0.3 is 5.11 Å². The van der Waals surface area contributed by atoms with Gasteiger partial charge in [0, 0.05) is 5.41 Å². The highest BCUT2D eigenvalue weighted by Gasteiger charge is 2.48. The summed E-state index contributed by atoms with van der Waals surface area (Å²) in [5.41, 5.74) is 8.74. The van der Waals surface area contributed by atoms with Crippen LogP contribution in [0.3, 0.4) is 0 Å². The summed E-state index contributed by atoms with van der Waals surface area (Å²) in [6.07, 6.45) is 4.57. The number of hydrogen-bond acceptors (Lipinski definition) is 1. The lowest BCUT2D eigenvalue weighted by Gasteiger charge is -2.35. The van der Waals surface area contributed by atoms with Crippen LogP contribution in [-0.4, -0.2) is 5.11 Å². The molecular formula is C26H24O. The Balaban J connectivity index is 1.60. The zero-order valence-electron chi connectivity index (χ0n) is 15.7. The van der Waals surface area contributed by atoms with Crippen molar-refractivity contribution in [3.8, 4) is 0 Å². The second kappa shape index (κ2) is 6.21. The van der Waals surface area contributed by atoms with Crippen LogP contribution >= 0.6 is 0 Å². The van der Waals surface area contributed by atoms with Crippen LogP contribution in [0.25, 0.3) is 6.08 Å². The first-order valence-corrected chi connectivity index (χ1v) is 9.76. The molecule has 0 radical (unpaired) electrons. The molecule has 1 N–H and O–H groups in total. The number of benzene rings is 3. The Morgan fingerprint density at radius 2 is 1.59 bits per heavy atom. The van der Waals surface area contributed by atoms with E-state index >= 15 is 0 Å². The van der Waals surface area contributed by atoms with Crippen LogP contribution in [0.5, 0.6) is 0 Å². The molecule has 2 aliphatic rings. The third-order valence-electron chi connectivity index (χ3n) is 6.42. The van der Waals surface area contributed by atoms with Gasteiger partial charge in [-0.25, -0.2) is 0 Å². The summed E-state index contributed by atoms with van der Waals surface area (Å²) in [5, 5.41) is 11.5. The average Bonchev–Trinajstić information content (AvgIpc) is 3.24. The monoisotopic (exact) mass is 352 g/mol. The minimum absolute atomic E-state index is 0.266. The van der Waals surface area contributed by atoms with E-state index in [1.54, 1.807) is 0 Å². The number of fused-ring (bicyclic) bond motifs is 2. The van der Waals surface area contributed by atoms with Gasteiger partial charge in [-0.2, -0.15) is 0 Å². The largest absolute Gasteiger partial charge is 0.387 e. The highest BCUT2D eigenvalue weighted by molar-refractivity contribution is 5.66. The van der Waals surface area contributed by atoms with Gasteiger partial charge in [-0.15, -0.1) is 0 Å². The average molecular weight is 352 g/mol. The number of rotatable bonds is 3. The lowest BCUT2D eigenvalue weighted by atomic mass is 9.70. The van der Waals surface area contributed by atoms with Crippen molar-refractivity contribution in [2.75, 3.05) is 0 Å². The molecule has 0 saturated carbocycles. The Bertz CT molecular complexity index is 1030. The maximum Gasteiger partial charge on any atom is 0.0892 e. The molecule has 0 fully saturated rings. The Morgan fingerprint density at radius 1 is 0.889 bits per heavy atom.